The molecular weight excluding hydrogens is 244 g/mol. The number of amides is 2. The molecule has 5 nitrogen and oxygen atoms in total. The minimum Gasteiger partial charge on any atom is -0.453 e. The van der Waals surface area contributed by atoms with Crippen molar-refractivity contribution in [2.24, 2.45) is 0 Å². The van der Waals surface area contributed by atoms with Crippen molar-refractivity contribution in [2.75, 3.05) is 20.7 Å². The van der Waals surface area contributed by atoms with Gasteiger partial charge in [-0.1, -0.05) is 31.2 Å². The summed E-state index contributed by atoms with van der Waals surface area (Å²) in [5.41, 5.74) is 2.46. The number of methoxy groups -OCH3 is 1. The molecule has 0 aromatic heterocycles. The fourth-order valence-electron chi connectivity index (χ4n) is 1.79. The van der Waals surface area contributed by atoms with Gasteiger partial charge < -0.3 is 9.64 Å². The Balaban J connectivity index is 2.43. The first kappa shape index (κ1) is 15.2. The molecule has 1 unspecified atom stereocenters. The van der Waals surface area contributed by atoms with Crippen molar-refractivity contribution in [1.82, 2.24) is 5.32 Å². The molecule has 0 aliphatic heterocycles. The van der Waals surface area contributed by atoms with Crippen LogP contribution in [0, 0.1) is 0 Å². The number of hydrogen-bond donors (Lipinski definition) is 2. The van der Waals surface area contributed by atoms with E-state index < -0.39 is 6.09 Å². The number of ether oxygens (including phenoxy) is 1. The van der Waals surface area contributed by atoms with Crippen molar-refractivity contribution in [3.63, 3.8) is 0 Å². The highest BCUT2D eigenvalue weighted by Gasteiger charge is 2.13. The minimum atomic E-state index is -0.718. The first-order valence-corrected chi connectivity index (χ1v) is 6.32. The number of benzene rings is 1. The van der Waals surface area contributed by atoms with Gasteiger partial charge in [0.05, 0.1) is 14.2 Å². The largest absolute Gasteiger partial charge is 0.453 e. The lowest BCUT2D eigenvalue weighted by Crippen LogP contribution is -3.08. The van der Waals surface area contributed by atoms with Gasteiger partial charge in [-0.3, -0.25) is 10.1 Å². The molecule has 0 saturated heterocycles. The zero-order valence-corrected chi connectivity index (χ0v) is 11.7. The summed E-state index contributed by atoms with van der Waals surface area (Å²) >= 11 is 0. The highest BCUT2D eigenvalue weighted by molar-refractivity contribution is 5.92. The van der Waals surface area contributed by atoms with Crippen molar-refractivity contribution in [3.8, 4) is 0 Å². The average molecular weight is 265 g/mol. The van der Waals surface area contributed by atoms with Gasteiger partial charge in [0.2, 0.25) is 0 Å². The van der Waals surface area contributed by atoms with Crippen LogP contribution < -0.4 is 10.2 Å². The smallest absolute Gasteiger partial charge is 0.413 e. The topological polar surface area (TPSA) is 59.8 Å². The number of rotatable bonds is 5. The van der Waals surface area contributed by atoms with Gasteiger partial charge in [-0.15, -0.1) is 0 Å². The molecule has 0 fully saturated rings. The third-order valence-corrected chi connectivity index (χ3v) is 2.83. The SMILES string of the molecule is CCc1ccc(C[NH+](C)CC(=O)NC(=O)OC)cc1. The number of carbonyl (C=O) groups is 2. The van der Waals surface area contributed by atoms with E-state index in [9.17, 15) is 9.59 Å². The molecule has 0 aliphatic carbocycles. The van der Waals surface area contributed by atoms with E-state index in [0.29, 0.717) is 0 Å². The summed E-state index contributed by atoms with van der Waals surface area (Å²) in [6.45, 7) is 3.08. The zero-order chi connectivity index (χ0) is 14.3. The maximum Gasteiger partial charge on any atom is 0.413 e. The summed E-state index contributed by atoms with van der Waals surface area (Å²) in [5.74, 6) is -0.338. The third-order valence-electron chi connectivity index (χ3n) is 2.83. The Kier molecular flexibility index (Phi) is 6.02. The van der Waals surface area contributed by atoms with Crippen molar-refractivity contribution >= 4 is 12.0 Å². The lowest BCUT2D eigenvalue weighted by molar-refractivity contribution is -0.885. The van der Waals surface area contributed by atoms with Gasteiger partial charge in [-0.25, -0.2) is 4.79 Å². The van der Waals surface area contributed by atoms with E-state index >= 15 is 0 Å². The van der Waals surface area contributed by atoms with Crippen LogP contribution in [0.2, 0.25) is 0 Å². The number of quaternary nitrogens is 1. The van der Waals surface area contributed by atoms with E-state index in [1.165, 1.54) is 18.2 Å². The van der Waals surface area contributed by atoms with Crippen LogP contribution in [0.3, 0.4) is 0 Å². The fraction of sp³-hybridized carbons (Fsp3) is 0.429. The predicted molar refractivity (Wildman–Crippen MR) is 71.8 cm³/mol. The summed E-state index contributed by atoms with van der Waals surface area (Å²) in [5, 5.41) is 2.14. The normalized spacial score (nSPS) is 11.7. The molecule has 0 bridgehead atoms. The quantitative estimate of drug-likeness (QED) is 0.796. The number of imide groups is 1. The molecule has 1 aromatic rings. The lowest BCUT2D eigenvalue weighted by Gasteiger charge is -2.13. The fourth-order valence-corrected chi connectivity index (χ4v) is 1.79. The van der Waals surface area contributed by atoms with E-state index in [1.807, 2.05) is 7.05 Å². The van der Waals surface area contributed by atoms with Crippen LogP contribution in [-0.2, 0) is 22.5 Å². The molecule has 0 heterocycles. The van der Waals surface area contributed by atoms with Gasteiger partial charge in [-0.05, 0) is 12.0 Å². The van der Waals surface area contributed by atoms with E-state index in [4.69, 9.17) is 0 Å². The van der Waals surface area contributed by atoms with Gasteiger partial charge in [-0.2, -0.15) is 0 Å². The molecule has 0 saturated carbocycles. The molecule has 1 aromatic carbocycles. The van der Waals surface area contributed by atoms with Crippen molar-refractivity contribution in [2.45, 2.75) is 19.9 Å². The van der Waals surface area contributed by atoms with Crippen LogP contribution in [0.5, 0.6) is 0 Å². The van der Waals surface area contributed by atoms with Crippen LogP contribution in [0.1, 0.15) is 18.1 Å². The molecular formula is C14H21N2O3+. The van der Waals surface area contributed by atoms with E-state index in [0.717, 1.165) is 17.9 Å². The van der Waals surface area contributed by atoms with Gasteiger partial charge in [0.25, 0.3) is 5.91 Å². The first-order chi connectivity index (χ1) is 9.05. The Bertz CT molecular complexity index is 429. The maximum absolute atomic E-state index is 11.5. The Morgan fingerprint density at radius 3 is 2.32 bits per heavy atom. The highest BCUT2D eigenvalue weighted by atomic mass is 16.5. The Labute approximate surface area is 113 Å². The van der Waals surface area contributed by atoms with Crippen molar-refractivity contribution < 1.29 is 19.2 Å². The summed E-state index contributed by atoms with van der Waals surface area (Å²) in [6.07, 6.45) is 0.301. The van der Waals surface area contributed by atoms with E-state index in [-0.39, 0.29) is 12.5 Å². The van der Waals surface area contributed by atoms with Crippen LogP contribution in [-0.4, -0.2) is 32.7 Å². The lowest BCUT2D eigenvalue weighted by atomic mass is 10.1. The number of alkyl carbamates (subject to hydrolysis) is 1. The van der Waals surface area contributed by atoms with E-state index in [2.05, 4.69) is 41.2 Å². The van der Waals surface area contributed by atoms with Crippen molar-refractivity contribution in [3.05, 3.63) is 35.4 Å². The first-order valence-electron chi connectivity index (χ1n) is 6.32. The molecule has 0 spiro atoms. The molecule has 1 atom stereocenters. The molecule has 5 heteroatoms. The second-order valence-electron chi connectivity index (χ2n) is 4.52. The molecule has 2 N–H and O–H groups in total. The maximum atomic E-state index is 11.5. The van der Waals surface area contributed by atoms with Gasteiger partial charge in [0.1, 0.15) is 6.54 Å². The second kappa shape index (κ2) is 7.53. The predicted octanol–water partition coefficient (Wildman–Crippen LogP) is 0.146. The molecule has 0 aliphatic rings. The van der Waals surface area contributed by atoms with Gasteiger partial charge >= 0.3 is 6.09 Å². The molecule has 0 radical (unpaired) electrons. The number of nitrogens with one attached hydrogen (secondary N) is 2. The third kappa shape index (κ3) is 5.52. The summed E-state index contributed by atoms with van der Waals surface area (Å²) in [7, 11) is 3.14. The molecule has 104 valence electrons. The van der Waals surface area contributed by atoms with Crippen LogP contribution in [0.4, 0.5) is 4.79 Å². The number of likely N-dealkylation sites (N-methyl/N-ethyl adjacent to an activating group) is 1. The summed E-state index contributed by atoms with van der Waals surface area (Å²) < 4.78 is 4.37. The number of aryl methyl sites for hydroxylation is 1. The standard InChI is InChI=1S/C14H20N2O3/c1-4-11-5-7-12(8-6-11)9-16(2)10-13(17)15-14(18)19-3/h5-8H,4,9-10H2,1-3H3,(H,15,17,18)/p+1. The second-order valence-corrected chi connectivity index (χ2v) is 4.52. The molecule has 1 rings (SSSR count). The van der Waals surface area contributed by atoms with Crippen LogP contribution >= 0.6 is 0 Å². The highest BCUT2D eigenvalue weighted by Crippen LogP contribution is 2.03. The Morgan fingerprint density at radius 2 is 1.79 bits per heavy atom. The average Bonchev–Trinajstić information content (AvgIpc) is 2.39. The minimum absolute atomic E-state index is 0.227. The molecule has 19 heavy (non-hydrogen) atoms. The van der Waals surface area contributed by atoms with Crippen LogP contribution in [0.15, 0.2) is 24.3 Å². The van der Waals surface area contributed by atoms with Crippen molar-refractivity contribution in [1.29, 1.82) is 0 Å². The number of carbonyl (C=O) groups excluding carboxylic acids is 2. The monoisotopic (exact) mass is 265 g/mol. The van der Waals surface area contributed by atoms with E-state index in [1.54, 1.807) is 0 Å². The zero-order valence-electron chi connectivity index (χ0n) is 11.7. The Hall–Kier alpha value is -1.88. The van der Waals surface area contributed by atoms with Gasteiger partial charge in [0, 0.05) is 5.56 Å². The Morgan fingerprint density at radius 1 is 1.21 bits per heavy atom. The number of hydrogen-bond acceptors (Lipinski definition) is 3. The molecule has 2 amide bonds. The van der Waals surface area contributed by atoms with Crippen LogP contribution in [0.25, 0.3) is 0 Å². The summed E-state index contributed by atoms with van der Waals surface area (Å²) in [4.78, 5) is 23.4. The van der Waals surface area contributed by atoms with Gasteiger partial charge in [0.15, 0.2) is 6.54 Å². The summed E-state index contributed by atoms with van der Waals surface area (Å²) in [6, 6.07) is 8.33.